The van der Waals surface area contributed by atoms with Gasteiger partial charge in [0.05, 0.1) is 12.1 Å². The van der Waals surface area contributed by atoms with E-state index in [2.05, 4.69) is 10.2 Å². The molecular weight excluding hydrogens is 464 g/mol. The molecular formula is C25H26F4N4O2. The van der Waals surface area contributed by atoms with E-state index in [-0.39, 0.29) is 23.0 Å². The third kappa shape index (κ3) is 4.59. The Hall–Kier alpha value is -3.14. The number of anilines is 1. The Labute approximate surface area is 199 Å². The number of piperazine rings is 1. The van der Waals surface area contributed by atoms with Gasteiger partial charge in [-0.3, -0.25) is 0 Å². The smallest absolute Gasteiger partial charge is 0.417 e. The van der Waals surface area contributed by atoms with Crippen LogP contribution in [0.5, 0.6) is 5.75 Å². The van der Waals surface area contributed by atoms with Gasteiger partial charge in [-0.25, -0.2) is 14.2 Å². The molecule has 1 N–H and O–H groups in total. The maximum atomic E-state index is 14.4. The number of benzene rings is 2. The van der Waals surface area contributed by atoms with Crippen LogP contribution >= 0.6 is 0 Å². The van der Waals surface area contributed by atoms with Gasteiger partial charge in [0.15, 0.2) is 5.75 Å². The van der Waals surface area contributed by atoms with Gasteiger partial charge in [0, 0.05) is 26.2 Å². The number of aryl methyl sites for hydroxylation is 1. The zero-order valence-electron chi connectivity index (χ0n) is 19.5. The fraction of sp³-hybridized carbons (Fsp3) is 0.440. The highest BCUT2D eigenvalue weighted by molar-refractivity contribution is 5.91. The molecule has 35 heavy (non-hydrogen) atoms. The van der Waals surface area contributed by atoms with Crippen LogP contribution in [0.2, 0.25) is 0 Å². The van der Waals surface area contributed by atoms with Gasteiger partial charge in [-0.2, -0.15) is 13.2 Å². The van der Waals surface area contributed by atoms with E-state index in [0.717, 1.165) is 31.5 Å². The van der Waals surface area contributed by atoms with E-state index in [1.807, 2.05) is 16.7 Å². The Kier molecular flexibility index (Phi) is 5.94. The molecule has 2 fully saturated rings. The Morgan fingerprint density at radius 2 is 1.89 bits per heavy atom. The predicted octanol–water partition coefficient (Wildman–Crippen LogP) is 4.60. The fourth-order valence-corrected chi connectivity index (χ4v) is 4.56. The van der Waals surface area contributed by atoms with Gasteiger partial charge in [-0.15, -0.1) is 0 Å². The van der Waals surface area contributed by atoms with Gasteiger partial charge in [0.2, 0.25) is 5.95 Å². The number of carbonyl (C=O) groups excluding carboxylic acids is 1. The van der Waals surface area contributed by atoms with Crippen molar-refractivity contribution >= 4 is 23.0 Å². The molecule has 0 spiro atoms. The number of hydrogen-bond donors (Lipinski definition) is 1. The van der Waals surface area contributed by atoms with E-state index in [4.69, 9.17) is 9.72 Å². The molecule has 0 bridgehead atoms. The van der Waals surface area contributed by atoms with Gasteiger partial charge < -0.3 is 19.5 Å². The van der Waals surface area contributed by atoms with Crippen LogP contribution in [0.25, 0.3) is 11.0 Å². The molecule has 2 heterocycles. The van der Waals surface area contributed by atoms with Crippen molar-refractivity contribution in [3.05, 3.63) is 52.3 Å². The molecule has 1 aliphatic heterocycles. The maximum absolute atomic E-state index is 14.4. The predicted molar refractivity (Wildman–Crippen MR) is 123 cm³/mol. The normalized spacial score (nSPS) is 16.7. The molecule has 0 amide bonds. The number of aromatic nitrogens is 2. The van der Waals surface area contributed by atoms with Gasteiger partial charge in [-0.05, 0) is 67.0 Å². The van der Waals surface area contributed by atoms with Crippen molar-refractivity contribution in [3.8, 4) is 5.75 Å². The average Bonchev–Trinajstić information content (AvgIpc) is 3.61. The Bertz CT molecular complexity index is 1290. The third-order valence-corrected chi connectivity index (χ3v) is 6.73. The van der Waals surface area contributed by atoms with E-state index in [1.165, 1.54) is 6.07 Å². The second-order valence-electron chi connectivity index (χ2n) is 9.27. The van der Waals surface area contributed by atoms with Crippen LogP contribution in [0.4, 0.5) is 23.5 Å². The minimum Gasteiger partial charge on any atom is -0.417 e. The highest BCUT2D eigenvalue weighted by Gasteiger charge is 2.42. The van der Waals surface area contributed by atoms with Crippen LogP contribution in [-0.2, 0) is 11.3 Å². The summed E-state index contributed by atoms with van der Waals surface area (Å²) in [5, 5.41) is 3.28. The molecule has 3 aromatic rings. The molecule has 1 saturated heterocycles. The number of alkyl halides is 3. The van der Waals surface area contributed by atoms with Crippen molar-refractivity contribution in [2.75, 3.05) is 31.1 Å². The number of halogens is 4. The van der Waals surface area contributed by atoms with E-state index in [0.29, 0.717) is 47.8 Å². The first kappa shape index (κ1) is 23.6. The van der Waals surface area contributed by atoms with Gasteiger partial charge >= 0.3 is 12.1 Å². The van der Waals surface area contributed by atoms with Gasteiger partial charge in [0.25, 0.3) is 0 Å². The molecule has 2 aromatic carbocycles. The zero-order valence-corrected chi connectivity index (χ0v) is 19.5. The highest BCUT2D eigenvalue weighted by atomic mass is 19.4. The Balaban J connectivity index is 1.65. The molecule has 0 radical (unpaired) electrons. The van der Waals surface area contributed by atoms with Crippen LogP contribution in [-0.4, -0.2) is 47.9 Å². The summed E-state index contributed by atoms with van der Waals surface area (Å²) in [5.41, 5.74) is 3.42. The summed E-state index contributed by atoms with van der Waals surface area (Å²) in [5.74, 6) is -1.87. The molecule has 2 aliphatic rings. The van der Waals surface area contributed by atoms with Gasteiger partial charge in [0.1, 0.15) is 11.3 Å². The zero-order chi connectivity index (χ0) is 24.9. The lowest BCUT2D eigenvalue weighted by Crippen LogP contribution is -2.44. The number of rotatable bonds is 5. The third-order valence-electron chi connectivity index (χ3n) is 6.73. The summed E-state index contributed by atoms with van der Waals surface area (Å²) in [6.45, 7) is 6.51. The van der Waals surface area contributed by atoms with Crippen molar-refractivity contribution in [1.29, 1.82) is 0 Å². The first-order valence-electron chi connectivity index (χ1n) is 11.7. The van der Waals surface area contributed by atoms with E-state index in [9.17, 15) is 22.4 Å². The SMILES string of the molecule is Cc1cc2c(nc(N3CCNCC3)n2Cc2ccc(F)c(C3CC3)c2)c(OC(=O)C(F)(F)F)c1C. The largest absolute Gasteiger partial charge is 0.491 e. The Morgan fingerprint density at radius 3 is 2.54 bits per heavy atom. The summed E-state index contributed by atoms with van der Waals surface area (Å²) < 4.78 is 60.2. The van der Waals surface area contributed by atoms with E-state index < -0.39 is 12.1 Å². The molecule has 1 saturated carbocycles. The van der Waals surface area contributed by atoms with Gasteiger partial charge in [-0.1, -0.05) is 12.1 Å². The molecule has 5 rings (SSSR count). The number of esters is 1. The average molecular weight is 491 g/mol. The molecule has 0 unspecified atom stereocenters. The number of ether oxygens (including phenoxy) is 1. The quantitative estimate of drug-likeness (QED) is 0.322. The monoisotopic (exact) mass is 490 g/mol. The van der Waals surface area contributed by atoms with E-state index >= 15 is 0 Å². The molecule has 186 valence electrons. The lowest BCUT2D eigenvalue weighted by molar-refractivity contribution is -0.189. The number of nitrogens with zero attached hydrogens (tertiary/aromatic N) is 3. The molecule has 0 atom stereocenters. The minimum atomic E-state index is -5.13. The highest BCUT2D eigenvalue weighted by Crippen LogP contribution is 2.42. The summed E-state index contributed by atoms with van der Waals surface area (Å²) in [7, 11) is 0. The standard InChI is InChI=1S/C25H26F4N4O2/c1-14-11-20-21(22(15(14)2)35-23(34)25(27,28)29)31-24(32-9-7-30-8-10-32)33(20)13-16-3-6-19(26)18(12-16)17-4-5-17/h3,6,11-12,17,30H,4-5,7-10,13H2,1-2H3. The first-order chi connectivity index (χ1) is 16.6. The van der Waals surface area contributed by atoms with Crippen molar-refractivity contribution < 1.29 is 27.1 Å². The second-order valence-corrected chi connectivity index (χ2v) is 9.27. The summed E-state index contributed by atoms with van der Waals surface area (Å²) in [6.07, 6.45) is -3.20. The van der Waals surface area contributed by atoms with Crippen molar-refractivity contribution in [3.63, 3.8) is 0 Å². The molecule has 10 heteroatoms. The Morgan fingerprint density at radius 1 is 1.17 bits per heavy atom. The van der Waals surface area contributed by atoms with Crippen LogP contribution in [0.1, 0.15) is 41.0 Å². The maximum Gasteiger partial charge on any atom is 0.491 e. The lowest BCUT2D eigenvalue weighted by Gasteiger charge is -2.29. The molecule has 1 aromatic heterocycles. The van der Waals surface area contributed by atoms with Crippen LogP contribution < -0.4 is 15.0 Å². The van der Waals surface area contributed by atoms with Crippen LogP contribution in [0.15, 0.2) is 24.3 Å². The molecule has 1 aliphatic carbocycles. The number of fused-ring (bicyclic) bond motifs is 1. The minimum absolute atomic E-state index is 0.185. The topological polar surface area (TPSA) is 59.4 Å². The first-order valence-corrected chi connectivity index (χ1v) is 11.7. The summed E-state index contributed by atoms with van der Waals surface area (Å²) >= 11 is 0. The van der Waals surface area contributed by atoms with Crippen molar-refractivity contribution in [2.24, 2.45) is 0 Å². The number of carbonyl (C=O) groups is 1. The van der Waals surface area contributed by atoms with Crippen molar-refractivity contribution in [2.45, 2.75) is 45.3 Å². The fourth-order valence-electron chi connectivity index (χ4n) is 4.56. The number of hydrogen-bond acceptors (Lipinski definition) is 5. The molecule has 6 nitrogen and oxygen atoms in total. The van der Waals surface area contributed by atoms with Crippen LogP contribution in [0.3, 0.4) is 0 Å². The van der Waals surface area contributed by atoms with Crippen LogP contribution in [0, 0.1) is 19.7 Å². The number of imidazole rings is 1. The second kappa shape index (κ2) is 8.82. The lowest BCUT2D eigenvalue weighted by atomic mass is 10.1. The summed E-state index contributed by atoms with van der Waals surface area (Å²) in [6, 6.07) is 6.91. The van der Waals surface area contributed by atoms with E-state index in [1.54, 1.807) is 19.9 Å². The van der Waals surface area contributed by atoms with Crippen molar-refractivity contribution in [1.82, 2.24) is 14.9 Å². The summed E-state index contributed by atoms with van der Waals surface area (Å²) in [4.78, 5) is 18.5. The number of nitrogens with one attached hydrogen (secondary N) is 1.